The van der Waals surface area contributed by atoms with E-state index in [1.807, 2.05) is 55.5 Å². The molecule has 0 saturated carbocycles. The third kappa shape index (κ3) is 5.23. The highest BCUT2D eigenvalue weighted by atomic mass is 32.1. The lowest BCUT2D eigenvalue weighted by atomic mass is 10.2. The van der Waals surface area contributed by atoms with Crippen LogP contribution in [0.4, 0.5) is 0 Å². The summed E-state index contributed by atoms with van der Waals surface area (Å²) in [6.45, 7) is 3.00. The molecule has 0 radical (unpaired) electrons. The van der Waals surface area contributed by atoms with Gasteiger partial charge in [0.1, 0.15) is 24.7 Å². The number of aryl methyl sites for hydroxylation is 1. The molecule has 1 aromatic heterocycles. The Kier molecular flexibility index (Phi) is 6.66. The van der Waals surface area contributed by atoms with Crippen molar-refractivity contribution in [3.63, 3.8) is 0 Å². The fraction of sp³-hybridized carbons (Fsp3) is 0.286. The smallest absolute Gasteiger partial charge is 0.242 e. The molecule has 0 atom stereocenters. The number of benzene rings is 2. The van der Waals surface area contributed by atoms with Gasteiger partial charge in [-0.3, -0.25) is 14.5 Å². The number of carbonyl (C=O) groups excluding carboxylic acids is 1. The highest BCUT2D eigenvalue weighted by Crippen LogP contribution is 2.21. The summed E-state index contributed by atoms with van der Waals surface area (Å²) < 4.78 is 13.0. The number of nitrogens with one attached hydrogen (secondary N) is 1. The molecule has 2 aromatic carbocycles. The van der Waals surface area contributed by atoms with Crippen LogP contribution in [-0.2, 0) is 11.3 Å². The minimum Gasteiger partial charge on any atom is -0.497 e. The molecule has 3 rings (SSSR count). The number of rotatable bonds is 8. The van der Waals surface area contributed by atoms with Gasteiger partial charge < -0.3 is 14.4 Å². The predicted octanol–water partition coefficient (Wildman–Crippen LogP) is 3.46. The van der Waals surface area contributed by atoms with Gasteiger partial charge in [0.2, 0.25) is 5.91 Å². The zero-order valence-electron chi connectivity index (χ0n) is 16.7. The molecular weight excluding hydrogens is 388 g/mol. The summed E-state index contributed by atoms with van der Waals surface area (Å²) >= 11 is 5.31. The fourth-order valence-electron chi connectivity index (χ4n) is 2.74. The number of nitrogens with zero attached hydrogens (tertiary/aromatic N) is 3. The van der Waals surface area contributed by atoms with E-state index in [0.717, 1.165) is 17.1 Å². The van der Waals surface area contributed by atoms with Crippen molar-refractivity contribution in [3.8, 4) is 22.9 Å². The first-order valence-corrected chi connectivity index (χ1v) is 9.62. The SMILES string of the molecule is COc1ccc(-c2n[nH]c(=S)n2CC(=O)N(C)CCOc2ccc(C)cc2)cc1. The Morgan fingerprint density at radius 1 is 1.14 bits per heavy atom. The van der Waals surface area contributed by atoms with Crippen LogP contribution < -0.4 is 9.47 Å². The summed E-state index contributed by atoms with van der Waals surface area (Å²) in [5, 5.41) is 7.04. The average Bonchev–Trinajstić information content (AvgIpc) is 3.09. The van der Waals surface area contributed by atoms with Gasteiger partial charge in [-0.1, -0.05) is 17.7 Å². The van der Waals surface area contributed by atoms with Gasteiger partial charge in [0.25, 0.3) is 0 Å². The number of aromatic amines is 1. The molecule has 1 heterocycles. The van der Waals surface area contributed by atoms with Crippen molar-refractivity contribution in [2.45, 2.75) is 13.5 Å². The number of H-pyrrole nitrogens is 1. The molecule has 7 nitrogen and oxygen atoms in total. The van der Waals surface area contributed by atoms with E-state index >= 15 is 0 Å². The van der Waals surface area contributed by atoms with Crippen molar-refractivity contribution >= 4 is 18.1 Å². The maximum Gasteiger partial charge on any atom is 0.242 e. The molecule has 0 aliphatic rings. The Balaban J connectivity index is 1.61. The number of aromatic nitrogens is 3. The maximum atomic E-state index is 12.7. The number of likely N-dealkylation sites (N-methyl/N-ethyl adjacent to an activating group) is 1. The van der Waals surface area contributed by atoms with Crippen LogP contribution in [0.5, 0.6) is 11.5 Å². The van der Waals surface area contributed by atoms with E-state index in [-0.39, 0.29) is 12.5 Å². The lowest BCUT2D eigenvalue weighted by Gasteiger charge is -2.18. The van der Waals surface area contributed by atoms with Gasteiger partial charge in [-0.15, -0.1) is 0 Å². The highest BCUT2D eigenvalue weighted by Gasteiger charge is 2.15. The van der Waals surface area contributed by atoms with Crippen molar-refractivity contribution < 1.29 is 14.3 Å². The fourth-order valence-corrected chi connectivity index (χ4v) is 2.94. The van der Waals surface area contributed by atoms with Crippen molar-refractivity contribution in [2.24, 2.45) is 0 Å². The van der Waals surface area contributed by atoms with Crippen LogP contribution >= 0.6 is 12.2 Å². The van der Waals surface area contributed by atoms with E-state index in [1.165, 1.54) is 5.56 Å². The zero-order valence-corrected chi connectivity index (χ0v) is 17.5. The molecule has 3 aromatic rings. The van der Waals surface area contributed by atoms with E-state index in [4.69, 9.17) is 21.7 Å². The lowest BCUT2D eigenvalue weighted by molar-refractivity contribution is -0.130. The van der Waals surface area contributed by atoms with Crippen LogP contribution in [-0.4, -0.2) is 52.9 Å². The Bertz CT molecular complexity index is 1010. The van der Waals surface area contributed by atoms with E-state index in [0.29, 0.717) is 23.7 Å². The van der Waals surface area contributed by atoms with Crippen molar-refractivity contribution in [1.29, 1.82) is 0 Å². The molecule has 0 aliphatic heterocycles. The largest absolute Gasteiger partial charge is 0.497 e. The Hall–Kier alpha value is -3.13. The number of carbonyl (C=O) groups is 1. The quantitative estimate of drug-likeness (QED) is 0.574. The molecule has 0 aliphatic carbocycles. The summed E-state index contributed by atoms with van der Waals surface area (Å²) in [6.07, 6.45) is 0. The number of amides is 1. The Labute approximate surface area is 174 Å². The maximum absolute atomic E-state index is 12.7. The lowest BCUT2D eigenvalue weighted by Crippen LogP contribution is -2.33. The minimum absolute atomic E-state index is 0.0789. The van der Waals surface area contributed by atoms with E-state index in [1.54, 1.807) is 23.6 Å². The highest BCUT2D eigenvalue weighted by molar-refractivity contribution is 7.71. The molecule has 1 N–H and O–H groups in total. The third-order valence-corrected chi connectivity index (χ3v) is 4.85. The number of hydrogen-bond acceptors (Lipinski definition) is 5. The van der Waals surface area contributed by atoms with Crippen LogP contribution in [0.25, 0.3) is 11.4 Å². The summed E-state index contributed by atoms with van der Waals surface area (Å²) in [6, 6.07) is 15.3. The van der Waals surface area contributed by atoms with Gasteiger partial charge in [0.15, 0.2) is 10.6 Å². The van der Waals surface area contributed by atoms with Crippen LogP contribution in [0, 0.1) is 11.7 Å². The van der Waals surface area contributed by atoms with E-state index in [9.17, 15) is 4.79 Å². The topological polar surface area (TPSA) is 72.4 Å². The molecule has 29 heavy (non-hydrogen) atoms. The van der Waals surface area contributed by atoms with Crippen LogP contribution in [0.2, 0.25) is 0 Å². The van der Waals surface area contributed by atoms with Crippen LogP contribution in [0.3, 0.4) is 0 Å². The second kappa shape index (κ2) is 9.38. The average molecular weight is 413 g/mol. The molecule has 0 bridgehead atoms. The standard InChI is InChI=1S/C21H24N4O3S/c1-15-4-8-18(9-5-15)28-13-12-24(2)19(26)14-25-20(22-23-21(25)29)16-6-10-17(27-3)11-7-16/h4-11H,12-14H2,1-3H3,(H,23,29). The summed E-state index contributed by atoms with van der Waals surface area (Å²) in [5.41, 5.74) is 2.02. The van der Waals surface area contributed by atoms with E-state index in [2.05, 4.69) is 10.2 Å². The molecular formula is C21H24N4O3S. The number of ether oxygens (including phenoxy) is 2. The molecule has 0 saturated heterocycles. The first kappa shape index (κ1) is 20.6. The van der Waals surface area contributed by atoms with Crippen LogP contribution in [0.15, 0.2) is 48.5 Å². The predicted molar refractivity (Wildman–Crippen MR) is 114 cm³/mol. The van der Waals surface area contributed by atoms with Gasteiger partial charge in [0.05, 0.1) is 13.7 Å². The summed E-state index contributed by atoms with van der Waals surface area (Å²) in [4.78, 5) is 14.3. The molecule has 8 heteroatoms. The molecule has 0 fully saturated rings. The molecule has 152 valence electrons. The monoisotopic (exact) mass is 412 g/mol. The van der Waals surface area contributed by atoms with E-state index < -0.39 is 0 Å². The first-order valence-electron chi connectivity index (χ1n) is 9.21. The van der Waals surface area contributed by atoms with Crippen molar-refractivity contribution in [2.75, 3.05) is 27.3 Å². The second-order valence-corrected chi connectivity index (χ2v) is 7.03. The van der Waals surface area contributed by atoms with Crippen molar-refractivity contribution in [3.05, 3.63) is 58.9 Å². The Morgan fingerprint density at radius 3 is 2.45 bits per heavy atom. The zero-order chi connectivity index (χ0) is 20.8. The van der Waals surface area contributed by atoms with Gasteiger partial charge in [-0.05, 0) is 55.5 Å². The normalized spacial score (nSPS) is 10.6. The van der Waals surface area contributed by atoms with Gasteiger partial charge in [0, 0.05) is 12.6 Å². The first-order chi connectivity index (χ1) is 14.0. The molecule has 0 spiro atoms. The third-order valence-electron chi connectivity index (χ3n) is 4.54. The molecule has 1 amide bonds. The van der Waals surface area contributed by atoms with Gasteiger partial charge in [-0.25, -0.2) is 0 Å². The van der Waals surface area contributed by atoms with Gasteiger partial charge >= 0.3 is 0 Å². The van der Waals surface area contributed by atoms with Gasteiger partial charge in [-0.2, -0.15) is 5.10 Å². The molecule has 0 unspecified atom stereocenters. The minimum atomic E-state index is -0.0789. The number of methoxy groups -OCH3 is 1. The van der Waals surface area contributed by atoms with Crippen LogP contribution in [0.1, 0.15) is 5.56 Å². The summed E-state index contributed by atoms with van der Waals surface area (Å²) in [7, 11) is 3.36. The number of hydrogen-bond donors (Lipinski definition) is 1. The second-order valence-electron chi connectivity index (χ2n) is 6.64. The van der Waals surface area contributed by atoms with Crippen molar-refractivity contribution in [1.82, 2.24) is 19.7 Å². The Morgan fingerprint density at radius 2 is 1.79 bits per heavy atom. The summed E-state index contributed by atoms with van der Waals surface area (Å²) in [5.74, 6) is 2.06.